The number of aryl methyl sites for hydroxylation is 1. The van der Waals surface area contributed by atoms with Gasteiger partial charge in [0.2, 0.25) is 5.88 Å². The highest BCUT2D eigenvalue weighted by Gasteiger charge is 2.31. The lowest BCUT2D eigenvalue weighted by molar-refractivity contribution is -0.274. The Morgan fingerprint density at radius 3 is 2.42 bits per heavy atom. The largest absolute Gasteiger partial charge is 0.573 e. The van der Waals surface area contributed by atoms with E-state index in [1.165, 1.54) is 35.0 Å². The zero-order chi connectivity index (χ0) is 26.1. The molecule has 2 heterocycles. The molecule has 0 radical (unpaired) electrons. The Morgan fingerprint density at radius 2 is 1.75 bits per heavy atom. The zero-order valence-corrected chi connectivity index (χ0v) is 20.9. The van der Waals surface area contributed by atoms with Crippen LogP contribution in [0.5, 0.6) is 11.6 Å². The normalized spacial score (nSPS) is 12.1. The molecule has 0 saturated carbocycles. The van der Waals surface area contributed by atoms with E-state index in [9.17, 15) is 18.0 Å². The number of hydrogen-bond acceptors (Lipinski definition) is 6. The van der Waals surface area contributed by atoms with Gasteiger partial charge >= 0.3 is 6.36 Å². The summed E-state index contributed by atoms with van der Waals surface area (Å²) in [4.78, 5) is 22.5. The van der Waals surface area contributed by atoms with Crippen molar-refractivity contribution in [3.63, 3.8) is 0 Å². The number of fused-ring (bicyclic) bond motifs is 1. The van der Waals surface area contributed by atoms with Crippen molar-refractivity contribution in [1.82, 2.24) is 14.5 Å². The maximum absolute atomic E-state index is 13.2. The van der Waals surface area contributed by atoms with Crippen molar-refractivity contribution in [2.45, 2.75) is 44.0 Å². The van der Waals surface area contributed by atoms with Gasteiger partial charge in [-0.3, -0.25) is 9.36 Å². The van der Waals surface area contributed by atoms with Crippen molar-refractivity contribution in [2.75, 3.05) is 6.61 Å². The van der Waals surface area contributed by atoms with Crippen molar-refractivity contribution in [2.24, 2.45) is 5.41 Å². The third-order valence-corrected chi connectivity index (χ3v) is 5.97. The van der Waals surface area contributed by atoms with E-state index < -0.39 is 6.36 Å². The van der Waals surface area contributed by atoms with Crippen LogP contribution in [0.3, 0.4) is 0 Å². The summed E-state index contributed by atoms with van der Waals surface area (Å²) in [5.74, 6) is 0.214. The fraction of sp³-hybridized carbons (Fsp3) is 0.269. The molecule has 6 nitrogen and oxygen atoms in total. The average molecular weight is 516 g/mol. The molecule has 0 N–H and O–H groups in total. The summed E-state index contributed by atoms with van der Waals surface area (Å²) in [6.45, 7) is 8.76. The second-order valence-electron chi connectivity index (χ2n) is 9.36. The zero-order valence-electron chi connectivity index (χ0n) is 20.1. The summed E-state index contributed by atoms with van der Waals surface area (Å²) < 4.78 is 48.3. The van der Waals surface area contributed by atoms with Gasteiger partial charge in [0.1, 0.15) is 5.75 Å². The van der Waals surface area contributed by atoms with Gasteiger partial charge in [0, 0.05) is 34.4 Å². The maximum Gasteiger partial charge on any atom is 0.573 e. The minimum Gasteiger partial charge on any atom is -0.477 e. The first-order valence-electron chi connectivity index (χ1n) is 11.0. The van der Waals surface area contributed by atoms with Gasteiger partial charge in [-0.05, 0) is 60.4 Å². The lowest BCUT2D eigenvalue weighted by Gasteiger charge is -2.19. The Labute approximate surface area is 210 Å². The lowest BCUT2D eigenvalue weighted by atomic mass is 9.99. The highest BCUT2D eigenvalue weighted by atomic mass is 32.2. The molecule has 36 heavy (non-hydrogen) atoms. The Kier molecular flexibility index (Phi) is 6.99. The van der Waals surface area contributed by atoms with Crippen molar-refractivity contribution >= 4 is 22.7 Å². The van der Waals surface area contributed by atoms with E-state index in [1.54, 1.807) is 12.3 Å². The highest BCUT2D eigenvalue weighted by molar-refractivity contribution is 7.99. The molecule has 0 saturated heterocycles. The van der Waals surface area contributed by atoms with E-state index in [0.717, 1.165) is 28.2 Å². The third kappa shape index (κ3) is 6.37. The number of nitrogens with zero attached hydrogens (tertiary/aromatic N) is 3. The van der Waals surface area contributed by atoms with E-state index in [4.69, 9.17) is 4.74 Å². The number of hydrogen-bond donors (Lipinski definition) is 0. The predicted octanol–water partition coefficient (Wildman–Crippen LogP) is 6.56. The van der Waals surface area contributed by atoms with Crippen molar-refractivity contribution in [3.8, 4) is 17.3 Å². The van der Waals surface area contributed by atoms with Gasteiger partial charge in [-0.15, -0.1) is 13.2 Å². The molecule has 4 rings (SSSR count). The molecular formula is C26H24F3N3O3S. The van der Waals surface area contributed by atoms with Gasteiger partial charge in [0.05, 0.1) is 12.1 Å². The Bertz CT molecular complexity index is 1450. The minimum absolute atomic E-state index is 0.00547. The topological polar surface area (TPSA) is 66.2 Å². The van der Waals surface area contributed by atoms with Crippen LogP contribution in [0.2, 0.25) is 0 Å². The fourth-order valence-electron chi connectivity index (χ4n) is 3.35. The SMILES string of the molecule is Cc1cc(OCC(C)(C)C)nc2ccc(-n3ccnc(Sc4ccc(OC(F)(F)F)cc4)c3=O)cc12. The molecule has 0 bridgehead atoms. The van der Waals surface area contributed by atoms with Crippen molar-refractivity contribution in [1.29, 1.82) is 0 Å². The molecule has 0 amide bonds. The molecule has 0 aliphatic carbocycles. The third-order valence-electron chi connectivity index (χ3n) is 4.99. The first-order valence-corrected chi connectivity index (χ1v) is 11.9. The minimum atomic E-state index is -4.77. The molecule has 0 fully saturated rings. The Balaban J connectivity index is 1.59. The number of alkyl halides is 3. The van der Waals surface area contributed by atoms with E-state index in [0.29, 0.717) is 23.1 Å². The fourth-order valence-corrected chi connectivity index (χ4v) is 4.15. The number of ether oxygens (including phenoxy) is 2. The summed E-state index contributed by atoms with van der Waals surface area (Å²) in [6, 6.07) is 12.6. The van der Waals surface area contributed by atoms with Crippen molar-refractivity contribution in [3.05, 3.63) is 76.8 Å². The monoisotopic (exact) mass is 515 g/mol. The summed E-state index contributed by atoms with van der Waals surface area (Å²) in [6.07, 6.45) is -1.70. The molecule has 0 aliphatic heterocycles. The smallest absolute Gasteiger partial charge is 0.477 e. The predicted molar refractivity (Wildman–Crippen MR) is 132 cm³/mol. The molecule has 0 unspecified atom stereocenters. The summed E-state index contributed by atoms with van der Waals surface area (Å²) in [5.41, 5.74) is 2.00. The highest BCUT2D eigenvalue weighted by Crippen LogP contribution is 2.29. The molecular weight excluding hydrogens is 491 g/mol. The molecule has 0 spiro atoms. The number of pyridine rings is 1. The van der Waals surface area contributed by atoms with Crippen LogP contribution in [0.25, 0.3) is 16.6 Å². The van der Waals surface area contributed by atoms with E-state index in [-0.39, 0.29) is 21.7 Å². The molecule has 2 aromatic carbocycles. The Morgan fingerprint density at radius 1 is 1.03 bits per heavy atom. The molecule has 4 aromatic rings. The summed E-state index contributed by atoms with van der Waals surface area (Å²) in [5, 5.41) is 1.07. The van der Waals surface area contributed by atoms with E-state index in [1.807, 2.05) is 25.1 Å². The first-order chi connectivity index (χ1) is 16.9. The molecule has 10 heteroatoms. The number of rotatable bonds is 6. The first kappa shape index (κ1) is 25.6. The Hall–Kier alpha value is -3.53. The molecule has 188 valence electrons. The van der Waals surface area contributed by atoms with Gasteiger partial charge in [-0.2, -0.15) is 0 Å². The van der Waals surface area contributed by atoms with Crippen LogP contribution in [0, 0.1) is 12.3 Å². The van der Waals surface area contributed by atoms with Crippen molar-refractivity contribution < 1.29 is 22.6 Å². The van der Waals surface area contributed by atoms with Crippen LogP contribution in [-0.2, 0) is 0 Å². The van der Waals surface area contributed by atoms with Gasteiger partial charge in [-0.25, -0.2) is 9.97 Å². The molecule has 0 aliphatic rings. The number of aromatic nitrogens is 3. The molecule has 2 aromatic heterocycles. The van der Waals surface area contributed by atoms with Gasteiger partial charge < -0.3 is 9.47 Å². The van der Waals surface area contributed by atoms with E-state index >= 15 is 0 Å². The quantitative estimate of drug-likeness (QED) is 0.290. The number of halogens is 3. The van der Waals surface area contributed by atoms with Crippen LogP contribution in [0.1, 0.15) is 26.3 Å². The van der Waals surface area contributed by atoms with Crippen LogP contribution in [0.15, 0.2) is 75.6 Å². The average Bonchev–Trinajstić information content (AvgIpc) is 2.79. The van der Waals surface area contributed by atoms with Crippen LogP contribution in [-0.4, -0.2) is 27.5 Å². The lowest BCUT2D eigenvalue weighted by Crippen LogP contribution is -2.20. The maximum atomic E-state index is 13.2. The second-order valence-corrected chi connectivity index (χ2v) is 10.4. The molecule has 0 atom stereocenters. The standard InChI is InChI=1S/C26H24F3N3O3S/c1-16-13-22(34-15-25(2,3)4)31-21-10-5-17(14-20(16)21)32-12-11-30-23(24(32)33)36-19-8-6-18(7-9-19)35-26(27,28)29/h5-14H,15H2,1-4H3. The second kappa shape index (κ2) is 9.85. The van der Waals surface area contributed by atoms with Crippen LogP contribution in [0.4, 0.5) is 13.2 Å². The van der Waals surface area contributed by atoms with E-state index in [2.05, 4.69) is 35.5 Å². The van der Waals surface area contributed by atoms with Gasteiger partial charge in [-0.1, -0.05) is 32.5 Å². The van der Waals surface area contributed by atoms with Gasteiger partial charge in [0.25, 0.3) is 5.56 Å². The summed E-state index contributed by atoms with van der Waals surface area (Å²) >= 11 is 1.06. The van der Waals surface area contributed by atoms with Crippen LogP contribution >= 0.6 is 11.8 Å². The van der Waals surface area contributed by atoms with Crippen LogP contribution < -0.4 is 15.0 Å². The number of benzene rings is 2. The van der Waals surface area contributed by atoms with Gasteiger partial charge in [0.15, 0.2) is 5.03 Å². The summed E-state index contributed by atoms with van der Waals surface area (Å²) in [7, 11) is 0.